The zero-order chi connectivity index (χ0) is 27.2. The first kappa shape index (κ1) is 28.0. The van der Waals surface area contributed by atoms with E-state index in [9.17, 15) is 22.8 Å². The van der Waals surface area contributed by atoms with Gasteiger partial charge in [0.25, 0.3) is 0 Å². The third-order valence-electron chi connectivity index (χ3n) is 6.25. The highest BCUT2D eigenvalue weighted by molar-refractivity contribution is 6.03. The molecule has 1 aliphatic rings. The zero-order valence-corrected chi connectivity index (χ0v) is 21.3. The van der Waals surface area contributed by atoms with Crippen LogP contribution in [0.2, 0.25) is 0 Å². The van der Waals surface area contributed by atoms with Gasteiger partial charge in [0.05, 0.1) is 29.5 Å². The highest BCUT2D eigenvalue weighted by atomic mass is 19.4. The number of nitrogen functional groups attached to an aromatic ring is 1. The number of hydrogen-bond donors (Lipinski definition) is 2. The lowest BCUT2D eigenvalue weighted by Crippen LogP contribution is -2.51. The van der Waals surface area contributed by atoms with E-state index in [4.69, 9.17) is 10.5 Å². The van der Waals surface area contributed by atoms with Crippen LogP contribution in [0.3, 0.4) is 0 Å². The van der Waals surface area contributed by atoms with Crippen molar-refractivity contribution in [3.05, 3.63) is 70.9 Å². The lowest BCUT2D eigenvalue weighted by Gasteiger charge is -2.43. The molecule has 0 bridgehead atoms. The maximum Gasteiger partial charge on any atom is 0.416 e. The van der Waals surface area contributed by atoms with Gasteiger partial charge in [-0.25, -0.2) is 9.59 Å². The molecule has 0 aromatic heterocycles. The fourth-order valence-corrected chi connectivity index (χ4v) is 4.46. The molecule has 0 radical (unpaired) electrons. The molecule has 10 heteroatoms. The number of nitrogens with two attached hydrogens (primary N) is 1. The summed E-state index contributed by atoms with van der Waals surface area (Å²) in [6, 6.07) is 10.1. The first-order chi connectivity index (χ1) is 17.6. The molecule has 0 saturated heterocycles. The minimum atomic E-state index is -4.59. The molecule has 37 heavy (non-hydrogen) atoms. The summed E-state index contributed by atoms with van der Waals surface area (Å²) < 4.78 is 45.8. The average Bonchev–Trinajstić information content (AvgIpc) is 2.85. The van der Waals surface area contributed by atoms with Gasteiger partial charge in [-0.3, -0.25) is 4.90 Å². The summed E-state index contributed by atoms with van der Waals surface area (Å²) >= 11 is 0. The van der Waals surface area contributed by atoms with Crippen molar-refractivity contribution < 1.29 is 27.5 Å². The maximum absolute atomic E-state index is 13.9. The lowest BCUT2D eigenvalue weighted by atomic mass is 9.92. The summed E-state index contributed by atoms with van der Waals surface area (Å²) in [5.41, 5.74) is 6.60. The number of carbonyl (C=O) groups excluding carboxylic acids is 2. The Morgan fingerprint density at radius 2 is 1.81 bits per heavy atom. The molecule has 2 amide bonds. The van der Waals surface area contributed by atoms with Gasteiger partial charge < -0.3 is 20.7 Å². The Hall–Kier alpha value is -3.53. The largest absolute Gasteiger partial charge is 0.463 e. The Morgan fingerprint density at radius 1 is 1.11 bits per heavy atom. The Bertz CT molecular complexity index is 1130. The Balaban J connectivity index is 2.16. The fraction of sp³-hybridized carbons (Fsp3) is 0.407. The predicted molar refractivity (Wildman–Crippen MR) is 137 cm³/mol. The van der Waals surface area contributed by atoms with Gasteiger partial charge in [-0.2, -0.15) is 13.2 Å². The molecule has 2 aromatic carbocycles. The number of rotatable bonds is 10. The summed E-state index contributed by atoms with van der Waals surface area (Å²) in [5.74, 6) is -0.633. The molecule has 1 aliphatic heterocycles. The summed E-state index contributed by atoms with van der Waals surface area (Å²) in [4.78, 5) is 29.9. The van der Waals surface area contributed by atoms with Gasteiger partial charge in [-0.05, 0) is 76.2 Å². The number of benzene rings is 2. The number of anilines is 2. The van der Waals surface area contributed by atoms with Gasteiger partial charge in [-0.1, -0.05) is 24.6 Å². The van der Waals surface area contributed by atoms with Gasteiger partial charge in [-0.15, -0.1) is 0 Å². The molecular formula is C27H33F3N4O3. The molecule has 0 saturated carbocycles. The zero-order valence-electron chi connectivity index (χ0n) is 21.3. The van der Waals surface area contributed by atoms with Gasteiger partial charge in [0, 0.05) is 17.9 Å². The molecule has 0 aliphatic carbocycles. The van der Waals surface area contributed by atoms with Gasteiger partial charge in [0.1, 0.15) is 0 Å². The normalized spacial score (nSPS) is 16.4. The maximum atomic E-state index is 13.9. The van der Waals surface area contributed by atoms with E-state index >= 15 is 0 Å². The van der Waals surface area contributed by atoms with Crippen molar-refractivity contribution >= 4 is 23.4 Å². The molecule has 2 aromatic rings. The third-order valence-corrected chi connectivity index (χ3v) is 6.25. The molecule has 1 heterocycles. The molecule has 0 fully saturated rings. The number of hydrogen-bond acceptors (Lipinski definition) is 5. The first-order valence-corrected chi connectivity index (χ1v) is 12.3. The molecule has 200 valence electrons. The summed E-state index contributed by atoms with van der Waals surface area (Å²) in [7, 11) is 1.86. The molecule has 3 rings (SSSR count). The smallest absolute Gasteiger partial charge is 0.416 e. The van der Waals surface area contributed by atoms with Crippen molar-refractivity contribution in [2.45, 2.75) is 45.3 Å². The second-order valence-corrected chi connectivity index (χ2v) is 8.81. The number of ether oxygens (including phenoxy) is 1. The van der Waals surface area contributed by atoms with Gasteiger partial charge in [0.2, 0.25) is 0 Å². The van der Waals surface area contributed by atoms with Crippen LogP contribution >= 0.6 is 0 Å². The second kappa shape index (κ2) is 12.1. The second-order valence-electron chi connectivity index (χ2n) is 8.81. The quantitative estimate of drug-likeness (QED) is 0.246. The predicted octanol–water partition coefficient (Wildman–Crippen LogP) is 5.50. The summed E-state index contributed by atoms with van der Waals surface area (Å²) in [5, 5.41) is 3.08. The van der Waals surface area contributed by atoms with Crippen LogP contribution in [-0.4, -0.2) is 43.6 Å². The third kappa shape index (κ3) is 6.43. The van der Waals surface area contributed by atoms with Crippen LogP contribution in [0.5, 0.6) is 0 Å². The Kier molecular flexibility index (Phi) is 9.20. The van der Waals surface area contributed by atoms with Gasteiger partial charge in [0.15, 0.2) is 0 Å². The number of alkyl halides is 3. The van der Waals surface area contributed by atoms with E-state index in [0.29, 0.717) is 24.2 Å². The minimum Gasteiger partial charge on any atom is -0.463 e. The van der Waals surface area contributed by atoms with Crippen molar-refractivity contribution in [3.8, 4) is 0 Å². The van der Waals surface area contributed by atoms with E-state index in [1.54, 1.807) is 38.1 Å². The van der Waals surface area contributed by atoms with Crippen LogP contribution in [0.15, 0.2) is 59.8 Å². The van der Waals surface area contributed by atoms with E-state index in [0.717, 1.165) is 31.5 Å². The van der Waals surface area contributed by atoms with Crippen molar-refractivity contribution in [3.63, 3.8) is 0 Å². The van der Waals surface area contributed by atoms with Crippen molar-refractivity contribution in [2.24, 2.45) is 0 Å². The summed E-state index contributed by atoms with van der Waals surface area (Å²) in [6.45, 7) is 4.44. The van der Waals surface area contributed by atoms with Crippen LogP contribution in [-0.2, 0) is 15.7 Å². The van der Waals surface area contributed by atoms with E-state index in [-0.39, 0.29) is 23.6 Å². The molecule has 3 N–H and O–H groups in total. The van der Waals surface area contributed by atoms with E-state index < -0.39 is 29.8 Å². The lowest BCUT2D eigenvalue weighted by molar-refractivity contribution is -0.139. The topological polar surface area (TPSA) is 87.9 Å². The standard InChI is InChI=1S/C27H33F3N4O3/c1-4-37-25(35)23-18(2)34(22-10-8-9-20(17-22)27(28,29)30)26(36)33(16-7-5-6-15-32-3)24(23)19-11-13-21(31)14-12-19/h8-14,17,24,32H,4-7,15-16,31H2,1-3H3/t24-/m1/s1. The number of nitrogens with one attached hydrogen (secondary N) is 1. The van der Waals surface area contributed by atoms with Crippen molar-refractivity contribution in [2.75, 3.05) is 37.4 Å². The van der Waals surface area contributed by atoms with Crippen LogP contribution in [0, 0.1) is 0 Å². The van der Waals surface area contributed by atoms with Crippen LogP contribution in [0.4, 0.5) is 29.3 Å². The van der Waals surface area contributed by atoms with Crippen molar-refractivity contribution in [1.82, 2.24) is 10.2 Å². The summed E-state index contributed by atoms with van der Waals surface area (Å²) in [6.07, 6.45) is -2.23. The molecular weight excluding hydrogens is 485 g/mol. The van der Waals surface area contributed by atoms with Crippen LogP contribution in [0.25, 0.3) is 0 Å². The number of halogens is 3. The van der Waals surface area contributed by atoms with Crippen LogP contribution in [0.1, 0.15) is 50.3 Å². The minimum absolute atomic E-state index is 0.0232. The number of carbonyl (C=O) groups is 2. The number of unbranched alkanes of at least 4 members (excludes halogenated alkanes) is 2. The number of allylic oxidation sites excluding steroid dienone is 1. The first-order valence-electron chi connectivity index (χ1n) is 12.3. The number of urea groups is 1. The van der Waals surface area contributed by atoms with E-state index in [1.807, 2.05) is 7.05 Å². The molecule has 0 unspecified atom stereocenters. The van der Waals surface area contributed by atoms with E-state index in [1.165, 1.54) is 21.9 Å². The van der Waals surface area contributed by atoms with Gasteiger partial charge >= 0.3 is 18.2 Å². The SMILES string of the molecule is CCOC(=O)C1=C(C)N(c2cccc(C(F)(F)F)c2)C(=O)N(CCCCCNC)[C@@H]1c1ccc(N)cc1. The monoisotopic (exact) mass is 518 g/mol. The fourth-order valence-electron chi connectivity index (χ4n) is 4.46. The highest BCUT2D eigenvalue weighted by Gasteiger charge is 2.43. The molecule has 1 atom stereocenters. The Morgan fingerprint density at radius 3 is 2.43 bits per heavy atom. The van der Waals surface area contributed by atoms with Crippen LogP contribution < -0.4 is 16.0 Å². The van der Waals surface area contributed by atoms with E-state index in [2.05, 4.69) is 5.32 Å². The average molecular weight is 519 g/mol. The number of nitrogens with zero attached hydrogens (tertiary/aromatic N) is 2. The highest BCUT2D eigenvalue weighted by Crippen LogP contribution is 2.41. The Labute approximate surface area is 215 Å². The number of esters is 1. The molecule has 0 spiro atoms. The van der Waals surface area contributed by atoms with Crippen molar-refractivity contribution in [1.29, 1.82) is 0 Å². The number of amides is 2. The molecule has 7 nitrogen and oxygen atoms in total.